The number of methoxy groups -OCH3 is 1. The number of aryl methyl sites for hydroxylation is 2. The number of hydrogen-bond donors (Lipinski definition) is 1. The molecule has 1 amide bonds. The molecule has 0 unspecified atom stereocenters. The third-order valence-corrected chi connectivity index (χ3v) is 6.52. The topological polar surface area (TPSA) is 96.6 Å². The summed E-state index contributed by atoms with van der Waals surface area (Å²) in [7, 11) is 1.54. The molecule has 0 radical (unpaired) electrons. The minimum absolute atomic E-state index is 0.0154. The van der Waals surface area contributed by atoms with Crippen LogP contribution in [-0.2, 0) is 4.79 Å². The van der Waals surface area contributed by atoms with Crippen molar-refractivity contribution in [3.05, 3.63) is 57.1 Å². The second kappa shape index (κ2) is 10.0. The Morgan fingerprint density at radius 3 is 2.47 bits per heavy atom. The molecule has 4 rings (SSSR count). The van der Waals surface area contributed by atoms with Crippen molar-refractivity contribution in [3.8, 4) is 17.2 Å². The van der Waals surface area contributed by atoms with Crippen molar-refractivity contribution in [3.63, 3.8) is 0 Å². The summed E-state index contributed by atoms with van der Waals surface area (Å²) in [5.41, 5.74) is 2.95. The van der Waals surface area contributed by atoms with Crippen LogP contribution in [0.2, 0.25) is 0 Å². The van der Waals surface area contributed by atoms with Gasteiger partial charge < -0.3 is 14.2 Å². The molecule has 2 aliphatic heterocycles. The Morgan fingerprint density at radius 1 is 1.12 bits per heavy atom. The SMILES string of the molecule is COc1cc(/C=C2/C(=N)N3N=C(C)SC3=NC2=O)cc(Br)c1OCCOc1c(C)cccc1C. The summed E-state index contributed by atoms with van der Waals surface area (Å²) < 4.78 is 18.0. The summed E-state index contributed by atoms with van der Waals surface area (Å²) in [6, 6.07) is 9.56. The monoisotopic (exact) mass is 542 g/mol. The van der Waals surface area contributed by atoms with Gasteiger partial charge in [-0.2, -0.15) is 15.1 Å². The van der Waals surface area contributed by atoms with E-state index in [2.05, 4.69) is 26.0 Å². The quantitative estimate of drug-likeness (QED) is 0.382. The zero-order valence-corrected chi connectivity index (χ0v) is 21.5. The first-order chi connectivity index (χ1) is 16.3. The maximum absolute atomic E-state index is 12.5. The normalized spacial score (nSPS) is 16.4. The fourth-order valence-electron chi connectivity index (χ4n) is 3.53. The number of thioether (sulfide) groups is 1. The Bertz CT molecular complexity index is 1250. The molecule has 8 nitrogen and oxygen atoms in total. The number of halogens is 1. The van der Waals surface area contributed by atoms with Crippen LogP contribution in [0.4, 0.5) is 0 Å². The number of ether oxygens (including phenoxy) is 3. The van der Waals surface area contributed by atoms with Gasteiger partial charge in [-0.1, -0.05) is 18.2 Å². The van der Waals surface area contributed by atoms with E-state index in [1.807, 2.05) is 32.0 Å². The lowest BCUT2D eigenvalue weighted by Crippen LogP contribution is -2.35. The number of amidine groups is 2. The van der Waals surface area contributed by atoms with Crippen molar-refractivity contribution in [1.82, 2.24) is 5.01 Å². The van der Waals surface area contributed by atoms with Gasteiger partial charge in [0.05, 0.1) is 22.2 Å². The van der Waals surface area contributed by atoms with Gasteiger partial charge in [-0.25, -0.2) is 0 Å². The standard InChI is InChI=1S/C24H23BrN4O4S/c1-13-6-5-7-14(2)20(13)32-8-9-33-21-18(25)11-16(12-19(21)31-4)10-17-22(26)29-24(27-23(17)30)34-15(3)28-29/h5-7,10-12,26H,8-9H2,1-4H3/b17-10-,26-22?. The van der Waals surface area contributed by atoms with Crippen molar-refractivity contribution >= 4 is 55.7 Å². The molecule has 2 heterocycles. The Kier molecular flexibility index (Phi) is 7.08. The average molecular weight is 543 g/mol. The molecule has 0 fully saturated rings. The second-order valence-corrected chi connectivity index (χ2v) is 9.61. The van der Waals surface area contributed by atoms with Crippen molar-refractivity contribution in [2.45, 2.75) is 20.8 Å². The zero-order valence-electron chi connectivity index (χ0n) is 19.1. The Labute approximate surface area is 210 Å². The highest BCUT2D eigenvalue weighted by atomic mass is 79.9. The van der Waals surface area contributed by atoms with E-state index >= 15 is 0 Å². The molecule has 0 saturated carbocycles. The maximum Gasteiger partial charge on any atom is 0.283 e. The fraction of sp³-hybridized carbons (Fsp3) is 0.250. The number of carbonyl (C=O) groups excluding carboxylic acids is 1. The molecule has 10 heteroatoms. The molecular weight excluding hydrogens is 520 g/mol. The summed E-state index contributed by atoms with van der Waals surface area (Å²) in [5, 5.41) is 15.2. The van der Waals surface area contributed by atoms with Gasteiger partial charge in [-0.3, -0.25) is 10.2 Å². The molecule has 0 bridgehead atoms. The highest BCUT2D eigenvalue weighted by Crippen LogP contribution is 2.38. The number of nitrogens with zero attached hydrogens (tertiary/aromatic N) is 3. The summed E-state index contributed by atoms with van der Waals surface area (Å²) >= 11 is 4.80. The molecule has 34 heavy (non-hydrogen) atoms. The lowest BCUT2D eigenvalue weighted by molar-refractivity contribution is -0.114. The highest BCUT2D eigenvalue weighted by molar-refractivity contribution is 9.10. The molecule has 0 saturated heterocycles. The summed E-state index contributed by atoms with van der Waals surface area (Å²) in [6.07, 6.45) is 1.60. The third kappa shape index (κ3) is 4.88. The molecule has 1 N–H and O–H groups in total. The summed E-state index contributed by atoms with van der Waals surface area (Å²) in [5.74, 6) is 1.38. The van der Waals surface area contributed by atoms with Crippen molar-refractivity contribution in [1.29, 1.82) is 5.41 Å². The van der Waals surface area contributed by atoms with E-state index < -0.39 is 5.91 Å². The lowest BCUT2D eigenvalue weighted by Gasteiger charge is -2.20. The summed E-state index contributed by atoms with van der Waals surface area (Å²) in [4.78, 5) is 16.6. The Morgan fingerprint density at radius 2 is 1.79 bits per heavy atom. The van der Waals surface area contributed by atoms with Gasteiger partial charge in [0, 0.05) is 0 Å². The van der Waals surface area contributed by atoms with Crippen molar-refractivity contribution < 1.29 is 19.0 Å². The zero-order chi connectivity index (χ0) is 24.4. The van der Waals surface area contributed by atoms with E-state index in [9.17, 15) is 4.79 Å². The molecule has 176 valence electrons. The van der Waals surface area contributed by atoms with Gasteiger partial charge in [-0.15, -0.1) is 0 Å². The maximum atomic E-state index is 12.5. The average Bonchev–Trinajstić information content (AvgIpc) is 3.16. The van der Waals surface area contributed by atoms with Crippen LogP contribution in [0.3, 0.4) is 0 Å². The van der Waals surface area contributed by atoms with Gasteiger partial charge >= 0.3 is 0 Å². The van der Waals surface area contributed by atoms with Crippen LogP contribution < -0.4 is 14.2 Å². The van der Waals surface area contributed by atoms with Crippen LogP contribution in [0.5, 0.6) is 17.2 Å². The van der Waals surface area contributed by atoms with E-state index in [4.69, 9.17) is 19.6 Å². The predicted octanol–water partition coefficient (Wildman–Crippen LogP) is 5.17. The van der Waals surface area contributed by atoms with Gasteiger partial charge in [0.2, 0.25) is 5.17 Å². The van der Waals surface area contributed by atoms with E-state index in [1.165, 1.54) is 16.8 Å². The lowest BCUT2D eigenvalue weighted by atomic mass is 10.1. The Balaban J connectivity index is 1.50. The number of hydrogen-bond acceptors (Lipinski definition) is 7. The molecule has 0 aromatic heterocycles. The summed E-state index contributed by atoms with van der Waals surface area (Å²) in [6.45, 7) is 6.51. The first-order valence-corrected chi connectivity index (χ1v) is 12.1. The van der Waals surface area contributed by atoms with Crippen LogP contribution in [0.1, 0.15) is 23.6 Å². The van der Waals surface area contributed by atoms with Crippen LogP contribution in [0.25, 0.3) is 6.08 Å². The van der Waals surface area contributed by atoms with Gasteiger partial charge in [0.15, 0.2) is 17.3 Å². The Hall–Kier alpha value is -3.11. The molecule has 2 aromatic rings. The minimum Gasteiger partial charge on any atom is -0.493 e. The van der Waals surface area contributed by atoms with E-state index in [1.54, 1.807) is 32.2 Å². The van der Waals surface area contributed by atoms with E-state index in [0.29, 0.717) is 39.9 Å². The minimum atomic E-state index is -0.479. The molecular formula is C24H23BrN4O4S. The predicted molar refractivity (Wildman–Crippen MR) is 138 cm³/mol. The molecule has 0 atom stereocenters. The molecule has 2 aromatic carbocycles. The second-order valence-electron chi connectivity index (χ2n) is 7.59. The highest BCUT2D eigenvalue weighted by Gasteiger charge is 2.34. The van der Waals surface area contributed by atoms with Crippen molar-refractivity contribution in [2.24, 2.45) is 10.1 Å². The number of rotatable bonds is 7. The fourth-order valence-corrected chi connectivity index (χ4v) is 4.84. The van der Waals surface area contributed by atoms with Crippen LogP contribution in [-0.4, -0.2) is 47.3 Å². The number of carbonyl (C=O) groups is 1. The van der Waals surface area contributed by atoms with E-state index in [-0.39, 0.29) is 11.4 Å². The van der Waals surface area contributed by atoms with Gasteiger partial charge in [0.1, 0.15) is 19.0 Å². The largest absolute Gasteiger partial charge is 0.493 e. The number of fused-ring (bicyclic) bond motifs is 1. The number of para-hydroxylation sites is 1. The number of nitrogens with one attached hydrogen (secondary N) is 1. The molecule has 0 aliphatic carbocycles. The smallest absolute Gasteiger partial charge is 0.283 e. The number of hydrazone groups is 1. The first kappa shape index (κ1) is 24.0. The third-order valence-electron chi connectivity index (χ3n) is 5.10. The molecule has 2 aliphatic rings. The number of amides is 1. The number of benzene rings is 2. The van der Waals surface area contributed by atoms with Crippen molar-refractivity contribution in [2.75, 3.05) is 20.3 Å². The molecule has 0 spiro atoms. The first-order valence-electron chi connectivity index (χ1n) is 10.4. The number of aliphatic imine (C=N–C) groups is 1. The van der Waals surface area contributed by atoms with Gasteiger partial charge in [-0.05, 0) is 83.4 Å². The van der Waals surface area contributed by atoms with Gasteiger partial charge in [0.25, 0.3) is 5.91 Å². The van der Waals surface area contributed by atoms with E-state index in [0.717, 1.165) is 21.9 Å². The van der Waals surface area contributed by atoms with Crippen LogP contribution in [0.15, 0.2) is 50.5 Å². The van der Waals surface area contributed by atoms with Crippen LogP contribution >= 0.6 is 27.7 Å². The van der Waals surface area contributed by atoms with Crippen LogP contribution in [0, 0.1) is 19.3 Å².